The summed E-state index contributed by atoms with van der Waals surface area (Å²) in [5, 5.41) is 22.5. The van der Waals surface area contributed by atoms with Crippen molar-refractivity contribution in [3.05, 3.63) is 53.9 Å². The Balaban J connectivity index is 1.86. The van der Waals surface area contributed by atoms with E-state index in [1.54, 1.807) is 6.20 Å². The lowest BCUT2D eigenvalue weighted by Gasteiger charge is -2.22. The number of aliphatic imine (C=N–C) groups is 1. The van der Waals surface area contributed by atoms with Gasteiger partial charge < -0.3 is 4.90 Å². The zero-order chi connectivity index (χ0) is 19.3. The minimum atomic E-state index is 0.460. The Morgan fingerprint density at radius 2 is 1.82 bits per heavy atom. The quantitative estimate of drug-likeness (QED) is 0.796. The van der Waals surface area contributed by atoms with Crippen molar-refractivity contribution < 1.29 is 5.32 Å². The molecule has 2 aromatic rings. The van der Waals surface area contributed by atoms with Gasteiger partial charge >= 0.3 is 0 Å². The molecule has 7 heteroatoms. The molecule has 0 saturated carbocycles. The molecule has 1 aromatic carbocycles. The SMILES string of the molecule is N#Cc1c(SCC2=NC=C[NH2+]2)nc(N2CCCC2)c(C#N)c1-c1ccccc1. The zero-order valence-corrected chi connectivity index (χ0v) is 16.1. The van der Waals surface area contributed by atoms with Crippen molar-refractivity contribution in [1.82, 2.24) is 4.98 Å². The molecule has 0 unspecified atom stereocenters. The Labute approximate surface area is 168 Å². The molecule has 0 bridgehead atoms. The summed E-state index contributed by atoms with van der Waals surface area (Å²) in [6.07, 6.45) is 5.84. The summed E-state index contributed by atoms with van der Waals surface area (Å²) in [5.41, 5.74) is 2.50. The van der Waals surface area contributed by atoms with Crippen LogP contribution in [0.2, 0.25) is 0 Å². The van der Waals surface area contributed by atoms with Crippen LogP contribution in [-0.4, -0.2) is 29.7 Å². The van der Waals surface area contributed by atoms with Gasteiger partial charge in [0.15, 0.2) is 0 Å². The van der Waals surface area contributed by atoms with Crippen molar-refractivity contribution in [1.29, 1.82) is 10.5 Å². The van der Waals surface area contributed by atoms with E-state index in [9.17, 15) is 10.5 Å². The molecule has 0 atom stereocenters. The van der Waals surface area contributed by atoms with Crippen LogP contribution in [0.5, 0.6) is 0 Å². The summed E-state index contributed by atoms with van der Waals surface area (Å²) in [5.74, 6) is 2.27. The predicted molar refractivity (Wildman–Crippen MR) is 110 cm³/mol. The second-order valence-corrected chi connectivity index (χ2v) is 7.53. The summed E-state index contributed by atoms with van der Waals surface area (Å²) >= 11 is 1.50. The second kappa shape index (κ2) is 8.26. The minimum absolute atomic E-state index is 0.460. The average molecular weight is 387 g/mol. The normalized spacial score (nSPS) is 15.4. The van der Waals surface area contributed by atoms with Crippen LogP contribution >= 0.6 is 11.8 Å². The highest BCUT2D eigenvalue weighted by Crippen LogP contribution is 2.38. The molecule has 4 rings (SSSR count). The molecule has 2 aliphatic rings. The molecule has 0 amide bonds. The highest BCUT2D eigenvalue weighted by atomic mass is 32.2. The van der Waals surface area contributed by atoms with E-state index in [4.69, 9.17) is 4.98 Å². The molecule has 6 nitrogen and oxygen atoms in total. The fourth-order valence-electron chi connectivity index (χ4n) is 3.48. The van der Waals surface area contributed by atoms with Crippen LogP contribution in [0.25, 0.3) is 11.1 Å². The smallest absolute Gasteiger partial charge is 0.214 e. The maximum absolute atomic E-state index is 9.97. The number of hydrogen-bond donors (Lipinski definition) is 1. The van der Waals surface area contributed by atoms with Crippen molar-refractivity contribution in [2.24, 2.45) is 4.99 Å². The summed E-state index contributed by atoms with van der Waals surface area (Å²) in [6, 6.07) is 14.3. The van der Waals surface area contributed by atoms with Crippen LogP contribution in [0, 0.1) is 22.7 Å². The first-order valence-electron chi connectivity index (χ1n) is 9.19. The molecule has 0 spiro atoms. The summed E-state index contributed by atoms with van der Waals surface area (Å²) in [4.78, 5) is 11.3. The number of rotatable bonds is 5. The van der Waals surface area contributed by atoms with Crippen molar-refractivity contribution in [2.75, 3.05) is 23.7 Å². The molecule has 1 saturated heterocycles. The standard InChI is InChI=1S/C21H18N6S/c22-12-16-19(15-6-2-1-3-7-15)17(13-23)21(28-14-18-24-8-9-25-18)26-20(16)27-10-4-5-11-27/h1-3,6-9H,4-5,10-11,14H2,(H,24,25)/p+1. The summed E-state index contributed by atoms with van der Waals surface area (Å²) in [7, 11) is 0. The number of aromatic nitrogens is 1. The number of amidine groups is 1. The third-order valence-corrected chi connectivity index (χ3v) is 5.82. The molecular weight excluding hydrogens is 368 g/mol. The third kappa shape index (κ3) is 3.50. The minimum Gasteiger partial charge on any atom is -0.355 e. The van der Waals surface area contributed by atoms with E-state index in [0.717, 1.165) is 37.3 Å². The maximum atomic E-state index is 9.97. The van der Waals surface area contributed by atoms with Gasteiger partial charge in [0, 0.05) is 18.7 Å². The van der Waals surface area contributed by atoms with Gasteiger partial charge in [-0.15, -0.1) is 0 Å². The third-order valence-electron chi connectivity index (χ3n) is 4.81. The fourth-order valence-corrected chi connectivity index (χ4v) is 4.38. The van der Waals surface area contributed by atoms with E-state index >= 15 is 0 Å². The van der Waals surface area contributed by atoms with Gasteiger partial charge in [0.05, 0.1) is 17.5 Å². The lowest BCUT2D eigenvalue weighted by Crippen LogP contribution is -2.81. The number of benzene rings is 1. The second-order valence-electron chi connectivity index (χ2n) is 6.57. The number of nitrogens with zero attached hydrogens (tertiary/aromatic N) is 5. The molecule has 0 aliphatic carbocycles. The molecule has 2 aliphatic heterocycles. The lowest BCUT2D eigenvalue weighted by atomic mass is 9.96. The van der Waals surface area contributed by atoms with E-state index < -0.39 is 0 Å². The molecule has 0 radical (unpaired) electrons. The number of nitrogens with two attached hydrogens (primary N) is 1. The van der Waals surface area contributed by atoms with Gasteiger partial charge in [-0.05, 0) is 18.4 Å². The van der Waals surface area contributed by atoms with Gasteiger partial charge in [0.25, 0.3) is 0 Å². The number of nitriles is 2. The molecule has 1 aromatic heterocycles. The average Bonchev–Trinajstić information content (AvgIpc) is 3.45. The number of anilines is 1. The number of hydrogen-bond acceptors (Lipinski definition) is 6. The Hall–Kier alpha value is -3.13. The van der Waals surface area contributed by atoms with Gasteiger partial charge in [-0.1, -0.05) is 42.1 Å². The molecule has 3 heterocycles. The van der Waals surface area contributed by atoms with Crippen LogP contribution < -0.4 is 10.2 Å². The monoisotopic (exact) mass is 387 g/mol. The summed E-state index contributed by atoms with van der Waals surface area (Å²) in [6.45, 7) is 1.77. The zero-order valence-electron chi connectivity index (χ0n) is 15.3. The van der Waals surface area contributed by atoms with Gasteiger partial charge in [0.2, 0.25) is 5.84 Å². The van der Waals surface area contributed by atoms with Crippen molar-refractivity contribution in [2.45, 2.75) is 17.9 Å². The molecule has 1 fully saturated rings. The molecule has 2 N–H and O–H groups in total. The Bertz CT molecular complexity index is 1020. The van der Waals surface area contributed by atoms with Crippen molar-refractivity contribution in [3.63, 3.8) is 0 Å². The molecule has 138 valence electrons. The first kappa shape index (κ1) is 18.2. The van der Waals surface area contributed by atoms with Crippen LogP contribution in [0.3, 0.4) is 0 Å². The van der Waals surface area contributed by atoms with Crippen LogP contribution in [0.15, 0.2) is 52.8 Å². The van der Waals surface area contributed by atoms with E-state index in [0.29, 0.717) is 33.3 Å². The van der Waals surface area contributed by atoms with Crippen LogP contribution in [0.1, 0.15) is 24.0 Å². The summed E-state index contributed by atoms with van der Waals surface area (Å²) < 4.78 is 0. The van der Waals surface area contributed by atoms with E-state index in [-0.39, 0.29) is 0 Å². The highest BCUT2D eigenvalue weighted by Gasteiger charge is 2.26. The van der Waals surface area contributed by atoms with Crippen LogP contribution in [0.4, 0.5) is 5.82 Å². The predicted octanol–water partition coefficient (Wildman–Crippen LogP) is 2.63. The number of thioether (sulfide) groups is 1. The lowest BCUT2D eigenvalue weighted by molar-refractivity contribution is -0.458. The van der Waals surface area contributed by atoms with Gasteiger partial charge in [-0.2, -0.15) is 10.5 Å². The van der Waals surface area contributed by atoms with E-state index in [1.807, 2.05) is 41.8 Å². The fraction of sp³-hybridized carbons (Fsp3) is 0.238. The first-order chi connectivity index (χ1) is 13.8. The topological polar surface area (TPSA) is 92.7 Å². The number of quaternary nitrogens is 1. The first-order valence-corrected chi connectivity index (χ1v) is 10.2. The Morgan fingerprint density at radius 3 is 2.46 bits per heavy atom. The van der Waals surface area contributed by atoms with Crippen molar-refractivity contribution in [3.8, 4) is 23.3 Å². The maximum Gasteiger partial charge on any atom is 0.214 e. The molecular formula is C21H19N6S+. The largest absolute Gasteiger partial charge is 0.355 e. The molecule has 28 heavy (non-hydrogen) atoms. The van der Waals surface area contributed by atoms with Gasteiger partial charge in [-0.25, -0.2) is 9.98 Å². The highest BCUT2D eigenvalue weighted by molar-refractivity contribution is 8.00. The van der Waals surface area contributed by atoms with Gasteiger partial charge in [0.1, 0.15) is 34.7 Å². The van der Waals surface area contributed by atoms with E-state index in [2.05, 4.69) is 22.0 Å². The Morgan fingerprint density at radius 1 is 1.07 bits per heavy atom. The number of pyridine rings is 1. The Kier molecular flexibility index (Phi) is 5.38. The van der Waals surface area contributed by atoms with Gasteiger partial charge in [-0.3, -0.25) is 5.32 Å². The van der Waals surface area contributed by atoms with Crippen LogP contribution in [-0.2, 0) is 0 Å². The van der Waals surface area contributed by atoms with E-state index in [1.165, 1.54) is 11.8 Å². The van der Waals surface area contributed by atoms with Crippen molar-refractivity contribution >= 4 is 23.4 Å².